The summed E-state index contributed by atoms with van der Waals surface area (Å²) in [5.41, 5.74) is 0. The van der Waals surface area contributed by atoms with Crippen LogP contribution in [0, 0.1) is 6.57 Å². The average Bonchev–Trinajstić information content (AvgIpc) is 1.83. The van der Waals surface area contributed by atoms with Gasteiger partial charge in [-0.05, 0) is 0 Å². The molecule has 0 aliphatic carbocycles. The van der Waals surface area contributed by atoms with Gasteiger partial charge in [0.1, 0.15) is 0 Å². The summed E-state index contributed by atoms with van der Waals surface area (Å²) in [6, 6.07) is 0. The highest BCUT2D eigenvalue weighted by Gasteiger charge is 2.30. The molecule has 12 heavy (non-hydrogen) atoms. The number of hydrogen-bond donors (Lipinski definition) is 0. The van der Waals surface area contributed by atoms with Crippen LogP contribution in [0.25, 0.3) is 4.85 Å². The van der Waals surface area contributed by atoms with Gasteiger partial charge >= 0.3 is 12.1 Å². The lowest BCUT2D eigenvalue weighted by atomic mass is 10.5. The predicted molar refractivity (Wildman–Crippen MR) is 35.9 cm³/mol. The molecule has 0 aliphatic heterocycles. The van der Waals surface area contributed by atoms with Crippen molar-refractivity contribution in [1.29, 1.82) is 0 Å². The van der Waals surface area contributed by atoms with Crippen molar-refractivity contribution in [2.24, 2.45) is 0 Å². The number of sulfone groups is 1. The zero-order valence-corrected chi connectivity index (χ0v) is 6.74. The van der Waals surface area contributed by atoms with Crippen LogP contribution in [0.1, 0.15) is 6.42 Å². The maximum Gasteiger partial charge on any atom is 0.390 e. The Bertz CT molecular complexity index is 274. The summed E-state index contributed by atoms with van der Waals surface area (Å²) in [5.74, 6) is -1.87. The fourth-order valence-electron chi connectivity index (χ4n) is 0.434. The molecule has 0 aromatic rings. The van der Waals surface area contributed by atoms with Gasteiger partial charge in [0.2, 0.25) is 9.84 Å². The van der Waals surface area contributed by atoms with Crippen molar-refractivity contribution in [3.63, 3.8) is 0 Å². The number of alkyl halides is 3. The van der Waals surface area contributed by atoms with Gasteiger partial charge in [0.05, 0.1) is 12.2 Å². The average molecular weight is 201 g/mol. The summed E-state index contributed by atoms with van der Waals surface area (Å²) in [4.78, 5) is 2.50. The van der Waals surface area contributed by atoms with E-state index in [1.54, 1.807) is 0 Å². The summed E-state index contributed by atoms with van der Waals surface area (Å²) >= 11 is 0. The molecule has 0 saturated carbocycles. The summed E-state index contributed by atoms with van der Waals surface area (Å²) < 4.78 is 55.6. The Labute approximate surface area is 67.9 Å². The Morgan fingerprint density at radius 1 is 1.33 bits per heavy atom. The predicted octanol–water partition coefficient (Wildman–Crippen LogP) is 1.23. The lowest BCUT2D eigenvalue weighted by Gasteiger charge is -2.03. The third-order valence-electron chi connectivity index (χ3n) is 0.958. The van der Waals surface area contributed by atoms with Crippen molar-refractivity contribution in [2.75, 3.05) is 11.6 Å². The molecule has 0 N–H and O–H groups in total. The second kappa shape index (κ2) is 3.76. The van der Waals surface area contributed by atoms with Crippen molar-refractivity contribution in [3.05, 3.63) is 11.4 Å². The van der Waals surface area contributed by atoms with Crippen molar-refractivity contribution in [3.8, 4) is 0 Å². The molecule has 7 heteroatoms. The molecule has 0 aliphatic rings. The van der Waals surface area contributed by atoms with Crippen LogP contribution in [0.3, 0.4) is 0 Å². The molecule has 0 bridgehead atoms. The Kier molecular flexibility index (Phi) is 3.52. The van der Waals surface area contributed by atoms with Crippen molar-refractivity contribution in [2.45, 2.75) is 12.6 Å². The highest BCUT2D eigenvalue weighted by atomic mass is 32.2. The zero-order valence-electron chi connectivity index (χ0n) is 5.93. The minimum Gasteiger partial charge on any atom is -0.300 e. The lowest BCUT2D eigenvalue weighted by Crippen LogP contribution is -2.17. The standard InChI is InChI=1S/C5H6F3NO2S/c1-9-4-12(10,11)3-2-5(6,7)8/h2-4H2. The number of nitrogens with zero attached hydrogens (tertiary/aromatic N) is 1. The van der Waals surface area contributed by atoms with E-state index in [9.17, 15) is 21.6 Å². The monoisotopic (exact) mass is 201 g/mol. The van der Waals surface area contributed by atoms with Crippen LogP contribution < -0.4 is 0 Å². The molecule has 0 aromatic carbocycles. The Morgan fingerprint density at radius 2 is 1.83 bits per heavy atom. The molecule has 0 rings (SSSR count). The fraction of sp³-hybridized carbons (Fsp3) is 0.800. The lowest BCUT2D eigenvalue weighted by molar-refractivity contribution is -0.129. The summed E-state index contributed by atoms with van der Waals surface area (Å²) in [7, 11) is -3.84. The zero-order chi connectivity index (χ0) is 9.83. The summed E-state index contributed by atoms with van der Waals surface area (Å²) in [5, 5.41) is 0. The third kappa shape index (κ3) is 5.97. The first-order valence-corrected chi connectivity index (χ1v) is 4.69. The van der Waals surface area contributed by atoms with Crippen LogP contribution in [0.4, 0.5) is 13.2 Å². The van der Waals surface area contributed by atoms with Crippen LogP contribution in [0.15, 0.2) is 0 Å². The SMILES string of the molecule is [C-]#[N+]CS(=O)(=O)CCC(F)(F)F. The minimum absolute atomic E-state index is 0.872. The van der Waals surface area contributed by atoms with E-state index in [0.29, 0.717) is 0 Å². The number of hydrogen-bond acceptors (Lipinski definition) is 2. The van der Waals surface area contributed by atoms with E-state index < -0.39 is 34.1 Å². The van der Waals surface area contributed by atoms with E-state index in [4.69, 9.17) is 6.57 Å². The second-order valence-electron chi connectivity index (χ2n) is 2.10. The number of rotatable bonds is 3. The molecule has 0 amide bonds. The smallest absolute Gasteiger partial charge is 0.300 e. The van der Waals surface area contributed by atoms with Gasteiger partial charge in [-0.2, -0.15) is 13.2 Å². The Morgan fingerprint density at radius 3 is 2.17 bits per heavy atom. The second-order valence-corrected chi connectivity index (χ2v) is 4.25. The normalized spacial score (nSPS) is 12.5. The van der Waals surface area contributed by atoms with E-state index in [-0.39, 0.29) is 0 Å². The maximum absolute atomic E-state index is 11.5. The largest absolute Gasteiger partial charge is 0.390 e. The van der Waals surface area contributed by atoms with Crippen LogP contribution in [0.5, 0.6) is 0 Å². The van der Waals surface area contributed by atoms with Gasteiger partial charge in [0, 0.05) is 0 Å². The van der Waals surface area contributed by atoms with Crippen molar-refractivity contribution in [1.82, 2.24) is 0 Å². The highest BCUT2D eigenvalue weighted by Crippen LogP contribution is 2.20. The maximum atomic E-state index is 11.5. The van der Waals surface area contributed by atoms with Crippen LogP contribution in [-0.2, 0) is 9.84 Å². The summed E-state index contributed by atoms with van der Waals surface area (Å²) in [6.45, 7) is 6.16. The summed E-state index contributed by atoms with van der Waals surface area (Å²) in [6.07, 6.45) is -5.86. The quantitative estimate of drug-likeness (QED) is 0.644. The van der Waals surface area contributed by atoms with Crippen LogP contribution in [0.2, 0.25) is 0 Å². The van der Waals surface area contributed by atoms with E-state index in [0.717, 1.165) is 0 Å². The molecule has 70 valence electrons. The van der Waals surface area contributed by atoms with E-state index in [2.05, 4.69) is 4.85 Å². The minimum atomic E-state index is -4.48. The first kappa shape index (κ1) is 11.2. The molecule has 0 fully saturated rings. The molecule has 0 unspecified atom stereocenters. The molecule has 0 aromatic heterocycles. The third-order valence-corrected chi connectivity index (χ3v) is 2.31. The van der Waals surface area contributed by atoms with Gasteiger partial charge in [-0.1, -0.05) is 0 Å². The van der Waals surface area contributed by atoms with E-state index >= 15 is 0 Å². The van der Waals surface area contributed by atoms with E-state index in [1.165, 1.54) is 0 Å². The van der Waals surface area contributed by atoms with Gasteiger partial charge in [-0.3, -0.25) is 4.85 Å². The molecular formula is C5H6F3NO2S. The first-order valence-electron chi connectivity index (χ1n) is 2.87. The van der Waals surface area contributed by atoms with Gasteiger partial charge in [-0.25, -0.2) is 15.0 Å². The van der Waals surface area contributed by atoms with Gasteiger partial charge in [0.15, 0.2) is 0 Å². The van der Waals surface area contributed by atoms with Crippen LogP contribution >= 0.6 is 0 Å². The van der Waals surface area contributed by atoms with E-state index in [1.807, 2.05) is 0 Å². The van der Waals surface area contributed by atoms with Crippen molar-refractivity contribution < 1.29 is 21.6 Å². The van der Waals surface area contributed by atoms with Gasteiger partial charge in [-0.15, -0.1) is 0 Å². The van der Waals surface area contributed by atoms with Crippen molar-refractivity contribution >= 4 is 9.84 Å². The molecule has 0 atom stereocenters. The molecule has 0 spiro atoms. The first-order chi connectivity index (χ1) is 5.27. The Balaban J connectivity index is 4.05. The topological polar surface area (TPSA) is 38.5 Å². The van der Waals surface area contributed by atoms with Gasteiger partial charge in [0.25, 0.3) is 0 Å². The van der Waals surface area contributed by atoms with Gasteiger partial charge < -0.3 is 0 Å². The Hall–Kier alpha value is -0.770. The molecule has 0 radical (unpaired) electrons. The molecule has 0 heterocycles. The molecule has 0 saturated heterocycles. The number of halogens is 3. The fourth-order valence-corrected chi connectivity index (χ4v) is 1.30. The van der Waals surface area contributed by atoms with Crippen LogP contribution in [-0.4, -0.2) is 26.2 Å². The molecular weight excluding hydrogens is 195 g/mol. The highest BCUT2D eigenvalue weighted by molar-refractivity contribution is 7.91. The molecule has 3 nitrogen and oxygen atoms in total.